The maximum atomic E-state index is 12.4. The summed E-state index contributed by atoms with van der Waals surface area (Å²) >= 11 is 0. The van der Waals surface area contributed by atoms with Crippen molar-refractivity contribution in [1.29, 1.82) is 0 Å². The van der Waals surface area contributed by atoms with E-state index in [0.29, 0.717) is 6.42 Å². The monoisotopic (exact) mass is 320 g/mol. The Balaban J connectivity index is 1.83. The normalized spacial score (nSPS) is 10.6. The first-order valence-corrected chi connectivity index (χ1v) is 7.99. The Morgan fingerprint density at radius 3 is 2.50 bits per heavy atom. The first-order valence-electron chi connectivity index (χ1n) is 7.99. The molecule has 0 aliphatic rings. The van der Waals surface area contributed by atoms with Crippen LogP contribution in [0.1, 0.15) is 23.6 Å². The molecule has 0 aliphatic carbocycles. The molecule has 122 valence electrons. The number of carbonyl (C=O) groups excluding carboxylic acids is 1. The summed E-state index contributed by atoms with van der Waals surface area (Å²) in [6, 6.07) is 13.8. The van der Waals surface area contributed by atoms with Gasteiger partial charge in [0.05, 0.1) is 6.42 Å². The molecule has 3 rings (SSSR count). The Kier molecular flexibility index (Phi) is 4.70. The van der Waals surface area contributed by atoms with Crippen LogP contribution >= 0.6 is 0 Å². The second-order valence-corrected chi connectivity index (χ2v) is 5.73. The van der Waals surface area contributed by atoms with Gasteiger partial charge in [-0.25, -0.2) is 0 Å². The Labute approximate surface area is 141 Å². The predicted octanol–water partition coefficient (Wildman–Crippen LogP) is 3.32. The van der Waals surface area contributed by atoms with Crippen LogP contribution in [0.5, 0.6) is 0 Å². The van der Waals surface area contributed by atoms with Crippen LogP contribution in [-0.2, 0) is 17.6 Å². The number of hydrogen-bond acceptors (Lipinski definition) is 3. The average Bonchev–Trinajstić information content (AvgIpc) is 3.12. The zero-order valence-electron chi connectivity index (χ0n) is 13.9. The molecule has 3 aromatic rings. The van der Waals surface area contributed by atoms with Crippen LogP contribution < -0.4 is 5.32 Å². The summed E-state index contributed by atoms with van der Waals surface area (Å²) in [5.74, 6) is -0.00366. The topological polar surface area (TPSA) is 59.8 Å². The zero-order chi connectivity index (χ0) is 16.9. The van der Waals surface area contributed by atoms with E-state index in [-0.39, 0.29) is 5.91 Å². The molecule has 0 fully saturated rings. The molecule has 0 saturated carbocycles. The molecule has 24 heavy (non-hydrogen) atoms. The van der Waals surface area contributed by atoms with Gasteiger partial charge < -0.3 is 5.32 Å². The summed E-state index contributed by atoms with van der Waals surface area (Å²) in [6.07, 6.45) is 4.54. The Morgan fingerprint density at radius 2 is 1.83 bits per heavy atom. The molecule has 0 bridgehead atoms. The van der Waals surface area contributed by atoms with Gasteiger partial charge in [-0.1, -0.05) is 37.3 Å². The van der Waals surface area contributed by atoms with E-state index in [1.807, 2.05) is 47.9 Å². The number of aryl methyl sites for hydroxylation is 2. The van der Waals surface area contributed by atoms with Crippen LogP contribution in [0, 0.1) is 6.92 Å². The minimum Gasteiger partial charge on any atom is -0.325 e. The molecule has 5 heteroatoms. The smallest absolute Gasteiger partial charge is 0.228 e. The standard InChI is InChI=1S/C19H20N4O/c1-3-16-11-17(23-12-20-21-13-23)9-14(2)19(16)22-18(24)10-15-7-5-4-6-8-15/h4-9,11-13H,3,10H2,1-2H3,(H,22,24). The van der Waals surface area contributed by atoms with Crippen LogP contribution in [0.25, 0.3) is 5.69 Å². The third kappa shape index (κ3) is 3.51. The van der Waals surface area contributed by atoms with Gasteiger partial charge in [-0.2, -0.15) is 0 Å². The van der Waals surface area contributed by atoms with Crippen molar-refractivity contribution in [2.75, 3.05) is 5.32 Å². The Morgan fingerprint density at radius 1 is 1.12 bits per heavy atom. The van der Waals surface area contributed by atoms with E-state index in [1.54, 1.807) is 12.7 Å². The lowest BCUT2D eigenvalue weighted by Crippen LogP contribution is -2.16. The SMILES string of the molecule is CCc1cc(-n2cnnc2)cc(C)c1NC(=O)Cc1ccccc1. The molecular weight excluding hydrogens is 300 g/mol. The highest BCUT2D eigenvalue weighted by molar-refractivity contribution is 5.94. The van der Waals surface area contributed by atoms with E-state index < -0.39 is 0 Å². The second-order valence-electron chi connectivity index (χ2n) is 5.73. The number of nitrogens with zero attached hydrogens (tertiary/aromatic N) is 3. The van der Waals surface area contributed by atoms with E-state index in [4.69, 9.17) is 0 Å². The van der Waals surface area contributed by atoms with Gasteiger partial charge in [0.15, 0.2) is 0 Å². The van der Waals surface area contributed by atoms with E-state index >= 15 is 0 Å². The lowest BCUT2D eigenvalue weighted by Gasteiger charge is -2.15. The van der Waals surface area contributed by atoms with E-state index in [1.165, 1.54) is 0 Å². The highest BCUT2D eigenvalue weighted by Gasteiger charge is 2.12. The molecule has 5 nitrogen and oxygen atoms in total. The summed E-state index contributed by atoms with van der Waals surface area (Å²) in [6.45, 7) is 4.09. The fourth-order valence-corrected chi connectivity index (χ4v) is 2.75. The first kappa shape index (κ1) is 15.9. The maximum absolute atomic E-state index is 12.4. The van der Waals surface area contributed by atoms with E-state index in [9.17, 15) is 4.79 Å². The Bertz CT molecular complexity index is 826. The summed E-state index contributed by atoms with van der Waals surface area (Å²) in [5, 5.41) is 10.8. The van der Waals surface area contributed by atoms with Gasteiger partial charge >= 0.3 is 0 Å². The molecule has 1 amide bonds. The second kappa shape index (κ2) is 7.08. The van der Waals surface area contributed by atoms with Crippen molar-refractivity contribution >= 4 is 11.6 Å². The summed E-state index contributed by atoms with van der Waals surface area (Å²) in [7, 11) is 0. The number of rotatable bonds is 5. The quantitative estimate of drug-likeness (QED) is 0.784. The van der Waals surface area contributed by atoms with Gasteiger partial charge in [0.1, 0.15) is 12.7 Å². The molecule has 2 aromatic carbocycles. The minimum atomic E-state index is -0.00366. The van der Waals surface area contributed by atoms with Gasteiger partial charge in [-0.15, -0.1) is 10.2 Å². The number of benzene rings is 2. The first-order chi connectivity index (χ1) is 11.7. The highest BCUT2D eigenvalue weighted by Crippen LogP contribution is 2.25. The third-order valence-electron chi connectivity index (χ3n) is 3.97. The van der Waals surface area contributed by atoms with Gasteiger partial charge in [0, 0.05) is 11.4 Å². The maximum Gasteiger partial charge on any atom is 0.228 e. The number of aromatic nitrogens is 3. The largest absolute Gasteiger partial charge is 0.325 e. The number of nitrogens with one attached hydrogen (secondary N) is 1. The molecular formula is C19H20N4O. The van der Waals surface area contributed by atoms with Crippen molar-refractivity contribution in [2.24, 2.45) is 0 Å². The van der Waals surface area contributed by atoms with E-state index in [2.05, 4.69) is 28.5 Å². The Hall–Kier alpha value is -2.95. The minimum absolute atomic E-state index is 0.00366. The average molecular weight is 320 g/mol. The molecule has 0 unspecified atom stereocenters. The van der Waals surface area contributed by atoms with Crippen molar-refractivity contribution in [2.45, 2.75) is 26.7 Å². The fraction of sp³-hybridized carbons (Fsp3) is 0.211. The summed E-state index contributed by atoms with van der Waals surface area (Å²) in [5.41, 5.74) is 5.03. The van der Waals surface area contributed by atoms with Gasteiger partial charge in [0.2, 0.25) is 5.91 Å². The lowest BCUT2D eigenvalue weighted by atomic mass is 10.0. The molecule has 0 aliphatic heterocycles. The summed E-state index contributed by atoms with van der Waals surface area (Å²) < 4.78 is 1.86. The molecule has 1 aromatic heterocycles. The van der Waals surface area contributed by atoms with Gasteiger partial charge in [-0.05, 0) is 42.2 Å². The number of hydrogen-bond donors (Lipinski definition) is 1. The molecule has 0 spiro atoms. The number of amides is 1. The van der Waals surface area contributed by atoms with Crippen molar-refractivity contribution in [1.82, 2.24) is 14.8 Å². The van der Waals surface area contributed by atoms with E-state index in [0.717, 1.165) is 34.5 Å². The van der Waals surface area contributed by atoms with Gasteiger partial charge in [-0.3, -0.25) is 9.36 Å². The molecule has 1 N–H and O–H groups in total. The van der Waals surface area contributed by atoms with Crippen molar-refractivity contribution in [3.63, 3.8) is 0 Å². The molecule has 0 atom stereocenters. The van der Waals surface area contributed by atoms with Crippen molar-refractivity contribution < 1.29 is 4.79 Å². The molecule has 0 saturated heterocycles. The van der Waals surface area contributed by atoms with Crippen LogP contribution in [-0.4, -0.2) is 20.7 Å². The number of carbonyl (C=O) groups is 1. The van der Waals surface area contributed by atoms with Crippen molar-refractivity contribution in [3.05, 3.63) is 71.8 Å². The van der Waals surface area contributed by atoms with Crippen molar-refractivity contribution in [3.8, 4) is 5.69 Å². The molecule has 1 heterocycles. The van der Waals surface area contributed by atoms with Crippen LogP contribution in [0.2, 0.25) is 0 Å². The van der Waals surface area contributed by atoms with Crippen LogP contribution in [0.4, 0.5) is 5.69 Å². The third-order valence-corrected chi connectivity index (χ3v) is 3.97. The highest BCUT2D eigenvalue weighted by atomic mass is 16.1. The zero-order valence-corrected chi connectivity index (χ0v) is 13.9. The predicted molar refractivity (Wildman–Crippen MR) is 94.2 cm³/mol. The fourth-order valence-electron chi connectivity index (χ4n) is 2.75. The van der Waals surface area contributed by atoms with Crippen LogP contribution in [0.3, 0.4) is 0 Å². The lowest BCUT2D eigenvalue weighted by molar-refractivity contribution is -0.115. The molecule has 0 radical (unpaired) electrons. The number of anilines is 1. The van der Waals surface area contributed by atoms with Gasteiger partial charge in [0.25, 0.3) is 0 Å². The van der Waals surface area contributed by atoms with Crippen LogP contribution in [0.15, 0.2) is 55.1 Å². The summed E-state index contributed by atoms with van der Waals surface area (Å²) in [4.78, 5) is 12.4.